The highest BCUT2D eigenvalue weighted by atomic mass is 35.5. The largest absolute Gasteiger partial charge is 0.454 e. The number of carbonyl (C=O) groups excluding carboxylic acids is 1. The third kappa shape index (κ3) is 3.14. The van der Waals surface area contributed by atoms with Crippen LogP contribution >= 0.6 is 11.6 Å². The molecular formula is C16H13ClFNO3. The lowest BCUT2D eigenvalue weighted by Crippen LogP contribution is -2.25. The molecule has 1 N–H and O–H groups in total. The van der Waals surface area contributed by atoms with Gasteiger partial charge in [0.2, 0.25) is 6.79 Å². The van der Waals surface area contributed by atoms with Crippen molar-refractivity contribution in [2.75, 3.05) is 13.3 Å². The van der Waals surface area contributed by atoms with Crippen LogP contribution in [0.3, 0.4) is 0 Å². The van der Waals surface area contributed by atoms with Crippen molar-refractivity contribution >= 4 is 17.5 Å². The summed E-state index contributed by atoms with van der Waals surface area (Å²) in [4.78, 5) is 12.1. The molecule has 1 amide bonds. The molecule has 0 aromatic heterocycles. The van der Waals surface area contributed by atoms with Gasteiger partial charge in [-0.15, -0.1) is 0 Å². The Hall–Kier alpha value is -2.27. The second-order valence-electron chi connectivity index (χ2n) is 4.82. The second-order valence-corrected chi connectivity index (χ2v) is 5.23. The molecular weight excluding hydrogens is 309 g/mol. The summed E-state index contributed by atoms with van der Waals surface area (Å²) in [5, 5.41) is 3.14. The third-order valence-electron chi connectivity index (χ3n) is 3.30. The first-order valence-electron chi connectivity index (χ1n) is 6.75. The Kier molecular flexibility index (Phi) is 4.15. The van der Waals surface area contributed by atoms with E-state index in [0.29, 0.717) is 35.1 Å². The Labute approximate surface area is 131 Å². The van der Waals surface area contributed by atoms with Crippen LogP contribution in [-0.2, 0) is 6.42 Å². The number of fused-ring (bicyclic) bond motifs is 1. The lowest BCUT2D eigenvalue weighted by atomic mass is 10.1. The molecule has 0 fully saturated rings. The summed E-state index contributed by atoms with van der Waals surface area (Å²) in [6.07, 6.45) is 0.615. The first kappa shape index (κ1) is 14.7. The van der Waals surface area contributed by atoms with Gasteiger partial charge in [0.05, 0.1) is 5.02 Å². The zero-order valence-corrected chi connectivity index (χ0v) is 12.3. The molecule has 114 valence electrons. The zero-order chi connectivity index (χ0) is 15.5. The Morgan fingerprint density at radius 3 is 2.77 bits per heavy atom. The molecule has 2 aromatic carbocycles. The van der Waals surface area contributed by atoms with Crippen LogP contribution in [0.4, 0.5) is 4.39 Å². The molecule has 6 heteroatoms. The quantitative estimate of drug-likeness (QED) is 0.941. The lowest BCUT2D eigenvalue weighted by molar-refractivity contribution is 0.0953. The van der Waals surface area contributed by atoms with Gasteiger partial charge in [0, 0.05) is 12.1 Å². The molecule has 0 spiro atoms. The average Bonchev–Trinajstić information content (AvgIpc) is 2.98. The van der Waals surface area contributed by atoms with Crippen LogP contribution in [0.2, 0.25) is 5.02 Å². The van der Waals surface area contributed by atoms with Gasteiger partial charge < -0.3 is 14.8 Å². The van der Waals surface area contributed by atoms with Gasteiger partial charge in [0.1, 0.15) is 5.82 Å². The highest BCUT2D eigenvalue weighted by Crippen LogP contribution is 2.39. The van der Waals surface area contributed by atoms with E-state index in [1.54, 1.807) is 24.3 Å². The fourth-order valence-corrected chi connectivity index (χ4v) is 2.44. The third-order valence-corrected chi connectivity index (χ3v) is 3.58. The standard InChI is InChI=1S/C16H13ClFNO3/c17-13-7-11(8-14-15(13)22-9-21-14)16(20)19-6-5-10-1-3-12(18)4-2-10/h1-4,7-8H,5-6,9H2,(H,19,20). The molecule has 0 saturated heterocycles. The van der Waals surface area contributed by atoms with Crippen molar-refractivity contribution in [1.29, 1.82) is 0 Å². The van der Waals surface area contributed by atoms with Crippen LogP contribution in [0.1, 0.15) is 15.9 Å². The summed E-state index contributed by atoms with van der Waals surface area (Å²) >= 11 is 6.04. The molecule has 1 aliphatic heterocycles. The maximum atomic E-state index is 12.8. The molecule has 0 radical (unpaired) electrons. The minimum Gasteiger partial charge on any atom is -0.454 e. The van der Waals surface area contributed by atoms with E-state index < -0.39 is 0 Å². The van der Waals surface area contributed by atoms with Crippen LogP contribution < -0.4 is 14.8 Å². The molecule has 1 aliphatic rings. The fraction of sp³-hybridized carbons (Fsp3) is 0.188. The first-order chi connectivity index (χ1) is 10.6. The number of nitrogens with one attached hydrogen (secondary N) is 1. The summed E-state index contributed by atoms with van der Waals surface area (Å²) in [7, 11) is 0. The first-order valence-corrected chi connectivity index (χ1v) is 7.13. The molecule has 0 unspecified atom stereocenters. The minimum atomic E-state index is -0.275. The van der Waals surface area contributed by atoms with E-state index in [2.05, 4.69) is 5.32 Å². The Morgan fingerprint density at radius 1 is 1.23 bits per heavy atom. The highest BCUT2D eigenvalue weighted by molar-refractivity contribution is 6.32. The summed E-state index contributed by atoms with van der Waals surface area (Å²) in [5.41, 5.74) is 1.36. The average molecular weight is 322 g/mol. The highest BCUT2D eigenvalue weighted by Gasteiger charge is 2.20. The zero-order valence-electron chi connectivity index (χ0n) is 11.6. The Balaban J connectivity index is 1.60. The number of rotatable bonds is 4. The van der Waals surface area contributed by atoms with Crippen LogP contribution in [0.5, 0.6) is 11.5 Å². The second kappa shape index (κ2) is 6.23. The van der Waals surface area contributed by atoms with E-state index in [4.69, 9.17) is 21.1 Å². The smallest absolute Gasteiger partial charge is 0.251 e. The Morgan fingerprint density at radius 2 is 2.00 bits per heavy atom. The van der Waals surface area contributed by atoms with E-state index in [9.17, 15) is 9.18 Å². The summed E-state index contributed by atoms with van der Waals surface area (Å²) in [6, 6.07) is 9.32. The summed E-state index contributed by atoms with van der Waals surface area (Å²) in [6.45, 7) is 0.543. The van der Waals surface area contributed by atoms with Crippen molar-refractivity contribution in [3.63, 3.8) is 0 Å². The molecule has 0 aliphatic carbocycles. The summed E-state index contributed by atoms with van der Waals surface area (Å²) in [5.74, 6) is 0.408. The monoisotopic (exact) mass is 321 g/mol. The number of amides is 1. The van der Waals surface area contributed by atoms with Crippen LogP contribution in [0.15, 0.2) is 36.4 Å². The normalized spacial score (nSPS) is 12.3. The predicted molar refractivity (Wildman–Crippen MR) is 80.0 cm³/mol. The van der Waals surface area contributed by atoms with Gasteiger partial charge in [-0.25, -0.2) is 4.39 Å². The molecule has 0 atom stereocenters. The van der Waals surface area contributed by atoms with Gasteiger partial charge >= 0.3 is 0 Å². The van der Waals surface area contributed by atoms with Crippen molar-refractivity contribution in [3.05, 3.63) is 58.4 Å². The SMILES string of the molecule is O=C(NCCc1ccc(F)cc1)c1cc(Cl)c2c(c1)OCO2. The van der Waals surface area contributed by atoms with Gasteiger partial charge in [-0.2, -0.15) is 0 Å². The van der Waals surface area contributed by atoms with Crippen LogP contribution in [-0.4, -0.2) is 19.2 Å². The van der Waals surface area contributed by atoms with Crippen molar-refractivity contribution in [1.82, 2.24) is 5.32 Å². The van der Waals surface area contributed by atoms with Crippen molar-refractivity contribution in [2.45, 2.75) is 6.42 Å². The van der Waals surface area contributed by atoms with Crippen LogP contribution in [0, 0.1) is 5.82 Å². The molecule has 3 rings (SSSR count). The lowest BCUT2D eigenvalue weighted by Gasteiger charge is -2.07. The maximum Gasteiger partial charge on any atom is 0.251 e. The molecule has 4 nitrogen and oxygen atoms in total. The van der Waals surface area contributed by atoms with Crippen molar-refractivity contribution in [2.24, 2.45) is 0 Å². The minimum absolute atomic E-state index is 0.102. The van der Waals surface area contributed by atoms with Gasteiger partial charge in [0.15, 0.2) is 11.5 Å². The molecule has 2 aromatic rings. The molecule has 0 saturated carbocycles. The van der Waals surface area contributed by atoms with E-state index in [1.165, 1.54) is 12.1 Å². The number of ether oxygens (including phenoxy) is 2. The van der Waals surface area contributed by atoms with E-state index in [1.807, 2.05) is 0 Å². The van der Waals surface area contributed by atoms with E-state index in [0.717, 1.165) is 5.56 Å². The van der Waals surface area contributed by atoms with E-state index in [-0.39, 0.29) is 18.5 Å². The van der Waals surface area contributed by atoms with Crippen LogP contribution in [0.25, 0.3) is 0 Å². The number of hydrogen-bond acceptors (Lipinski definition) is 3. The van der Waals surface area contributed by atoms with Gasteiger partial charge in [-0.05, 0) is 36.2 Å². The summed E-state index contributed by atoms with van der Waals surface area (Å²) < 4.78 is 23.2. The maximum absolute atomic E-state index is 12.8. The van der Waals surface area contributed by atoms with Crippen molar-refractivity contribution in [3.8, 4) is 11.5 Å². The van der Waals surface area contributed by atoms with Crippen molar-refractivity contribution < 1.29 is 18.7 Å². The topological polar surface area (TPSA) is 47.6 Å². The number of carbonyl (C=O) groups is 1. The molecule has 0 bridgehead atoms. The Bertz CT molecular complexity index is 703. The molecule has 1 heterocycles. The molecule has 22 heavy (non-hydrogen) atoms. The number of benzene rings is 2. The van der Waals surface area contributed by atoms with E-state index >= 15 is 0 Å². The van der Waals surface area contributed by atoms with Gasteiger partial charge in [-0.1, -0.05) is 23.7 Å². The number of hydrogen-bond donors (Lipinski definition) is 1. The number of halogens is 2. The predicted octanol–water partition coefficient (Wildman–Crippen LogP) is 3.18. The van der Waals surface area contributed by atoms with Gasteiger partial charge in [0.25, 0.3) is 5.91 Å². The fourth-order valence-electron chi connectivity index (χ4n) is 2.17. The van der Waals surface area contributed by atoms with Gasteiger partial charge in [-0.3, -0.25) is 4.79 Å².